The van der Waals surface area contributed by atoms with Gasteiger partial charge in [-0.1, -0.05) is 12.1 Å². The molecule has 6 nitrogen and oxygen atoms in total. The van der Waals surface area contributed by atoms with Gasteiger partial charge in [-0.3, -0.25) is 9.59 Å². The fourth-order valence-electron chi connectivity index (χ4n) is 2.56. The molecule has 1 aromatic heterocycles. The maximum absolute atomic E-state index is 12.8. The minimum atomic E-state index is -2.99. The standard InChI is InChI=1S/C20H16F2N2O4/c1-27-15-6-2-12(3-7-15)16-10-14(5-8-17(16)28-20(21)22)24-19(26)13-4-9-18(25)23-11-13/h2-11,20H,1H3,(H,23,25)(H,24,26). The number of anilines is 1. The molecule has 0 aliphatic rings. The minimum Gasteiger partial charge on any atom is -0.497 e. The summed E-state index contributed by atoms with van der Waals surface area (Å²) in [5.41, 5.74) is 1.28. The predicted molar refractivity (Wildman–Crippen MR) is 100 cm³/mol. The molecule has 0 radical (unpaired) electrons. The smallest absolute Gasteiger partial charge is 0.387 e. The highest BCUT2D eigenvalue weighted by atomic mass is 19.3. The van der Waals surface area contributed by atoms with Crippen LogP contribution in [0.1, 0.15) is 10.4 Å². The average Bonchev–Trinajstić information content (AvgIpc) is 2.69. The van der Waals surface area contributed by atoms with Crippen LogP contribution in [0.15, 0.2) is 65.6 Å². The van der Waals surface area contributed by atoms with E-state index in [9.17, 15) is 18.4 Å². The van der Waals surface area contributed by atoms with E-state index in [1.807, 2.05) is 0 Å². The lowest BCUT2D eigenvalue weighted by Gasteiger charge is -2.14. The monoisotopic (exact) mass is 386 g/mol. The van der Waals surface area contributed by atoms with Crippen LogP contribution in [0.2, 0.25) is 0 Å². The molecule has 0 saturated heterocycles. The number of hydrogen-bond donors (Lipinski definition) is 2. The summed E-state index contributed by atoms with van der Waals surface area (Å²) in [6, 6.07) is 13.7. The van der Waals surface area contributed by atoms with Crippen molar-refractivity contribution in [1.82, 2.24) is 4.98 Å². The Labute approximate surface area is 158 Å². The van der Waals surface area contributed by atoms with Crippen molar-refractivity contribution >= 4 is 11.6 Å². The summed E-state index contributed by atoms with van der Waals surface area (Å²) in [5.74, 6) is 0.129. The Kier molecular flexibility index (Phi) is 5.69. The first-order valence-corrected chi connectivity index (χ1v) is 8.19. The second kappa shape index (κ2) is 8.34. The third-order valence-corrected chi connectivity index (χ3v) is 3.90. The number of methoxy groups -OCH3 is 1. The van der Waals surface area contributed by atoms with Gasteiger partial charge in [0.05, 0.1) is 12.7 Å². The molecule has 2 aromatic carbocycles. The van der Waals surface area contributed by atoms with Gasteiger partial charge < -0.3 is 19.8 Å². The van der Waals surface area contributed by atoms with Crippen molar-refractivity contribution < 1.29 is 23.0 Å². The Hall–Kier alpha value is -3.68. The van der Waals surface area contributed by atoms with Crippen molar-refractivity contribution in [3.05, 3.63) is 76.7 Å². The van der Waals surface area contributed by atoms with Crippen LogP contribution in [-0.4, -0.2) is 24.6 Å². The maximum atomic E-state index is 12.8. The molecule has 0 bridgehead atoms. The Morgan fingerprint density at radius 2 is 1.82 bits per heavy atom. The van der Waals surface area contributed by atoms with Gasteiger partial charge in [-0.25, -0.2) is 0 Å². The number of hydrogen-bond acceptors (Lipinski definition) is 4. The lowest BCUT2D eigenvalue weighted by Crippen LogP contribution is -2.14. The highest BCUT2D eigenvalue weighted by Gasteiger charge is 2.14. The molecule has 8 heteroatoms. The van der Waals surface area contributed by atoms with Crippen LogP contribution in [0.5, 0.6) is 11.5 Å². The van der Waals surface area contributed by atoms with Crippen molar-refractivity contribution in [2.75, 3.05) is 12.4 Å². The molecular formula is C20H16F2N2O4. The third kappa shape index (κ3) is 4.53. The molecule has 144 valence electrons. The van der Waals surface area contributed by atoms with Crippen molar-refractivity contribution in [2.24, 2.45) is 0 Å². The van der Waals surface area contributed by atoms with E-state index in [2.05, 4.69) is 15.0 Å². The van der Waals surface area contributed by atoms with Crippen LogP contribution in [0.3, 0.4) is 0 Å². The van der Waals surface area contributed by atoms with Crippen molar-refractivity contribution in [2.45, 2.75) is 6.61 Å². The summed E-state index contributed by atoms with van der Waals surface area (Å²) in [6.45, 7) is -2.99. The normalized spacial score (nSPS) is 10.6. The summed E-state index contributed by atoms with van der Waals surface area (Å²) in [4.78, 5) is 25.8. The number of ether oxygens (including phenoxy) is 2. The van der Waals surface area contributed by atoms with Crippen molar-refractivity contribution in [1.29, 1.82) is 0 Å². The zero-order valence-corrected chi connectivity index (χ0v) is 14.7. The number of aromatic nitrogens is 1. The first-order valence-electron chi connectivity index (χ1n) is 8.19. The summed E-state index contributed by atoms with van der Waals surface area (Å²) in [6.07, 6.45) is 1.29. The van der Waals surface area contributed by atoms with Gasteiger partial charge in [-0.2, -0.15) is 8.78 Å². The van der Waals surface area contributed by atoms with Crippen molar-refractivity contribution in [3.8, 4) is 22.6 Å². The number of nitrogens with one attached hydrogen (secondary N) is 2. The first kappa shape index (κ1) is 19.1. The molecule has 0 spiro atoms. The van der Waals surface area contributed by atoms with E-state index in [0.717, 1.165) is 0 Å². The number of halogens is 2. The lowest BCUT2D eigenvalue weighted by molar-refractivity contribution is -0.0494. The summed E-state index contributed by atoms with van der Waals surface area (Å²) in [5, 5.41) is 2.66. The molecule has 1 amide bonds. The van der Waals surface area contributed by atoms with E-state index in [1.165, 1.54) is 43.6 Å². The van der Waals surface area contributed by atoms with Gasteiger partial charge in [0.15, 0.2) is 0 Å². The molecule has 28 heavy (non-hydrogen) atoms. The quantitative estimate of drug-likeness (QED) is 0.673. The van der Waals surface area contributed by atoms with E-state index in [1.54, 1.807) is 24.3 Å². The molecule has 0 aliphatic carbocycles. The molecule has 0 fully saturated rings. The number of H-pyrrole nitrogens is 1. The fraction of sp³-hybridized carbons (Fsp3) is 0.100. The zero-order valence-electron chi connectivity index (χ0n) is 14.7. The number of amides is 1. The van der Waals surface area contributed by atoms with Crippen molar-refractivity contribution in [3.63, 3.8) is 0 Å². The Morgan fingerprint density at radius 1 is 1.07 bits per heavy atom. The molecule has 0 unspecified atom stereocenters. The predicted octanol–water partition coefficient (Wildman–Crippen LogP) is 3.90. The molecular weight excluding hydrogens is 370 g/mol. The maximum Gasteiger partial charge on any atom is 0.387 e. The Morgan fingerprint density at radius 3 is 2.43 bits per heavy atom. The molecule has 3 rings (SSSR count). The van der Waals surface area contributed by atoms with Crippen LogP contribution >= 0.6 is 0 Å². The number of rotatable bonds is 6. The molecule has 3 aromatic rings. The zero-order chi connectivity index (χ0) is 20.1. The number of carbonyl (C=O) groups excluding carboxylic acids is 1. The molecule has 0 saturated carbocycles. The second-order valence-electron chi connectivity index (χ2n) is 5.71. The van der Waals surface area contributed by atoms with E-state index >= 15 is 0 Å². The summed E-state index contributed by atoms with van der Waals surface area (Å²) in [7, 11) is 1.52. The van der Waals surface area contributed by atoms with Gasteiger partial charge in [0.1, 0.15) is 11.5 Å². The topological polar surface area (TPSA) is 80.4 Å². The van der Waals surface area contributed by atoms with Crippen LogP contribution in [0, 0.1) is 0 Å². The van der Waals surface area contributed by atoms with Gasteiger partial charge in [0.25, 0.3) is 5.91 Å². The lowest BCUT2D eigenvalue weighted by atomic mass is 10.0. The molecule has 0 atom stereocenters. The summed E-state index contributed by atoms with van der Waals surface area (Å²) >= 11 is 0. The van der Waals surface area contributed by atoms with E-state index in [0.29, 0.717) is 22.6 Å². The van der Waals surface area contributed by atoms with Gasteiger partial charge in [-0.15, -0.1) is 0 Å². The van der Waals surface area contributed by atoms with Gasteiger partial charge in [0.2, 0.25) is 5.56 Å². The van der Waals surface area contributed by atoms with Crippen LogP contribution < -0.4 is 20.3 Å². The molecule has 1 heterocycles. The Balaban J connectivity index is 1.93. The number of carbonyl (C=O) groups is 1. The van der Waals surface area contributed by atoms with Gasteiger partial charge >= 0.3 is 6.61 Å². The minimum absolute atomic E-state index is 0.0257. The molecule has 2 N–H and O–H groups in total. The SMILES string of the molecule is COc1ccc(-c2cc(NC(=O)c3ccc(=O)[nH]c3)ccc2OC(F)F)cc1. The van der Waals surface area contributed by atoms with E-state index < -0.39 is 12.5 Å². The van der Waals surface area contributed by atoms with E-state index in [4.69, 9.17) is 4.74 Å². The third-order valence-electron chi connectivity index (χ3n) is 3.90. The van der Waals surface area contributed by atoms with Crippen LogP contribution in [-0.2, 0) is 0 Å². The number of pyridine rings is 1. The van der Waals surface area contributed by atoms with Gasteiger partial charge in [0, 0.05) is 23.5 Å². The number of benzene rings is 2. The first-order chi connectivity index (χ1) is 13.5. The molecule has 0 aliphatic heterocycles. The number of alkyl halides is 2. The highest BCUT2D eigenvalue weighted by molar-refractivity contribution is 6.04. The van der Waals surface area contributed by atoms with Crippen LogP contribution in [0.25, 0.3) is 11.1 Å². The Bertz CT molecular complexity index is 1010. The van der Waals surface area contributed by atoms with E-state index in [-0.39, 0.29) is 16.9 Å². The van der Waals surface area contributed by atoms with Crippen LogP contribution in [0.4, 0.5) is 14.5 Å². The average molecular weight is 386 g/mol. The summed E-state index contributed by atoms with van der Waals surface area (Å²) < 4.78 is 35.2. The fourth-order valence-corrected chi connectivity index (χ4v) is 2.56. The van der Waals surface area contributed by atoms with Gasteiger partial charge in [-0.05, 0) is 42.0 Å². The second-order valence-corrected chi connectivity index (χ2v) is 5.71. The number of aromatic amines is 1. The largest absolute Gasteiger partial charge is 0.497 e. The highest BCUT2D eigenvalue weighted by Crippen LogP contribution is 2.34.